The summed E-state index contributed by atoms with van der Waals surface area (Å²) in [5, 5.41) is 10.2. The summed E-state index contributed by atoms with van der Waals surface area (Å²) < 4.78 is 0. The van der Waals surface area contributed by atoms with Crippen LogP contribution >= 0.6 is 0 Å². The van der Waals surface area contributed by atoms with Crippen LogP contribution in [0, 0.1) is 5.41 Å². The third-order valence-electron chi connectivity index (χ3n) is 3.08. The summed E-state index contributed by atoms with van der Waals surface area (Å²) in [6.07, 6.45) is 5.70. The molecule has 1 aliphatic rings. The van der Waals surface area contributed by atoms with Crippen LogP contribution in [0.5, 0.6) is 0 Å². The van der Waals surface area contributed by atoms with Crippen molar-refractivity contribution in [3.63, 3.8) is 0 Å². The van der Waals surface area contributed by atoms with Crippen LogP contribution in [0.15, 0.2) is 0 Å². The molecular weight excluding hydrogens is 195 g/mol. The maximum Gasteiger partial charge on any atom is 0.0695 e. The van der Waals surface area contributed by atoms with Crippen LogP contribution in [0.4, 0.5) is 0 Å². The fraction of sp³-hybridized carbons (Fsp3) is 1.00. The Morgan fingerprint density at radius 3 is 1.67 bits per heavy atom. The van der Waals surface area contributed by atoms with E-state index in [2.05, 4.69) is 20.8 Å². The van der Waals surface area contributed by atoms with E-state index in [1.54, 1.807) is 0 Å². The number of hydrogen-bond donors (Lipinski definition) is 1. The first-order valence-corrected chi connectivity index (χ1v) is 4.68. The maximum absolute atomic E-state index is 10.2. The van der Waals surface area contributed by atoms with E-state index in [1.165, 1.54) is 19.3 Å². The Morgan fingerprint density at radius 2 is 1.42 bits per heavy atom. The molecule has 0 unspecified atom stereocenters. The molecule has 12 heavy (non-hydrogen) atoms. The summed E-state index contributed by atoms with van der Waals surface area (Å²) in [5.74, 6) is 0. The second-order valence-electron chi connectivity index (χ2n) is 4.84. The molecule has 1 N–H and O–H groups in total. The van der Waals surface area contributed by atoms with Gasteiger partial charge in [0.2, 0.25) is 0 Å². The predicted octanol–water partition coefficient (Wildman–Crippen LogP) is 2.73. The molecule has 0 radical (unpaired) electrons. The molecule has 0 aromatic carbocycles. The van der Waals surface area contributed by atoms with E-state index in [-0.39, 0.29) is 27.5 Å². The summed E-state index contributed by atoms with van der Waals surface area (Å²) in [7, 11) is 0. The summed E-state index contributed by atoms with van der Waals surface area (Å²) in [6, 6.07) is 0. The van der Waals surface area contributed by atoms with Crippen molar-refractivity contribution in [3.8, 4) is 0 Å². The van der Waals surface area contributed by atoms with E-state index < -0.39 is 0 Å². The van der Waals surface area contributed by atoms with E-state index in [1.807, 2.05) is 0 Å². The first kappa shape index (κ1) is 12.5. The summed E-state index contributed by atoms with van der Waals surface area (Å²) >= 11 is 0. The van der Waals surface area contributed by atoms with Gasteiger partial charge in [0.25, 0.3) is 0 Å². The van der Waals surface area contributed by atoms with E-state index in [0.29, 0.717) is 0 Å². The van der Waals surface area contributed by atoms with Gasteiger partial charge in [0.05, 0.1) is 5.60 Å². The Morgan fingerprint density at radius 1 is 1.00 bits per heavy atom. The molecule has 1 rings (SSSR count). The van der Waals surface area contributed by atoms with Crippen molar-refractivity contribution in [1.82, 2.24) is 0 Å². The van der Waals surface area contributed by atoms with Crippen LogP contribution in [-0.2, 0) is 16.5 Å². The van der Waals surface area contributed by atoms with Crippen molar-refractivity contribution in [2.45, 2.75) is 58.5 Å². The first-order chi connectivity index (χ1) is 4.96. The van der Waals surface area contributed by atoms with Crippen molar-refractivity contribution < 1.29 is 21.6 Å². The minimum atomic E-state index is -0.384. The average molecular weight is 215 g/mol. The SMILES string of the molecule is CC(C)(C)C1(O)CCCCC1.[Ni]. The van der Waals surface area contributed by atoms with Gasteiger partial charge in [-0.15, -0.1) is 0 Å². The number of aliphatic hydroxyl groups is 1. The molecule has 0 spiro atoms. The normalized spacial score (nSPS) is 23.0. The van der Waals surface area contributed by atoms with Gasteiger partial charge in [0, 0.05) is 16.5 Å². The Balaban J connectivity index is 0.00000121. The smallest absolute Gasteiger partial charge is 0.0695 e. The van der Waals surface area contributed by atoms with E-state index in [4.69, 9.17) is 0 Å². The molecule has 0 bridgehead atoms. The predicted molar refractivity (Wildman–Crippen MR) is 47.5 cm³/mol. The van der Waals surface area contributed by atoms with Gasteiger partial charge >= 0.3 is 0 Å². The standard InChI is InChI=1S/C10H20O.Ni/c1-9(2,3)10(11)7-5-4-6-8-10;/h11H,4-8H2,1-3H3;. The second kappa shape index (κ2) is 4.11. The largest absolute Gasteiger partial charge is 0.389 e. The third-order valence-corrected chi connectivity index (χ3v) is 3.08. The Kier molecular flexibility index (Phi) is 4.26. The zero-order chi connectivity index (χ0) is 8.54. The second-order valence-corrected chi connectivity index (χ2v) is 4.84. The fourth-order valence-corrected chi connectivity index (χ4v) is 1.89. The number of rotatable bonds is 0. The van der Waals surface area contributed by atoms with Crippen molar-refractivity contribution in [1.29, 1.82) is 0 Å². The Hall–Kier alpha value is 0.454. The first-order valence-electron chi connectivity index (χ1n) is 4.68. The molecule has 1 saturated carbocycles. The average Bonchev–Trinajstić information content (AvgIpc) is 1.87. The monoisotopic (exact) mass is 214 g/mol. The van der Waals surface area contributed by atoms with Crippen LogP contribution in [0.2, 0.25) is 0 Å². The molecule has 0 amide bonds. The molecular formula is C10H20NiO. The molecule has 1 nitrogen and oxygen atoms in total. The zero-order valence-electron chi connectivity index (χ0n) is 8.30. The summed E-state index contributed by atoms with van der Waals surface area (Å²) in [5.41, 5.74) is -0.321. The van der Waals surface area contributed by atoms with Crippen molar-refractivity contribution in [3.05, 3.63) is 0 Å². The fourth-order valence-electron chi connectivity index (χ4n) is 1.89. The van der Waals surface area contributed by atoms with Crippen molar-refractivity contribution in [2.75, 3.05) is 0 Å². The summed E-state index contributed by atoms with van der Waals surface area (Å²) in [6.45, 7) is 6.41. The van der Waals surface area contributed by atoms with E-state index in [0.717, 1.165) is 12.8 Å². The third kappa shape index (κ3) is 2.47. The molecule has 0 atom stereocenters. The molecule has 0 aromatic rings. The maximum atomic E-state index is 10.2. The van der Waals surface area contributed by atoms with Crippen molar-refractivity contribution in [2.24, 2.45) is 5.41 Å². The van der Waals surface area contributed by atoms with Crippen molar-refractivity contribution >= 4 is 0 Å². The van der Waals surface area contributed by atoms with Crippen LogP contribution in [0.1, 0.15) is 52.9 Å². The van der Waals surface area contributed by atoms with Gasteiger partial charge in [-0.1, -0.05) is 40.0 Å². The van der Waals surface area contributed by atoms with Crippen LogP contribution in [0.3, 0.4) is 0 Å². The quantitative estimate of drug-likeness (QED) is 0.616. The minimum Gasteiger partial charge on any atom is -0.389 e. The van der Waals surface area contributed by atoms with Gasteiger partial charge < -0.3 is 5.11 Å². The Bertz CT molecular complexity index is 131. The molecule has 0 aliphatic heterocycles. The van der Waals surface area contributed by atoms with Crippen LogP contribution < -0.4 is 0 Å². The van der Waals surface area contributed by atoms with Gasteiger partial charge in [-0.25, -0.2) is 0 Å². The molecule has 0 saturated heterocycles. The van der Waals surface area contributed by atoms with Gasteiger partial charge in [-0.05, 0) is 18.3 Å². The molecule has 2 heteroatoms. The van der Waals surface area contributed by atoms with E-state index >= 15 is 0 Å². The molecule has 1 aliphatic carbocycles. The molecule has 0 heterocycles. The van der Waals surface area contributed by atoms with Gasteiger partial charge in [0.15, 0.2) is 0 Å². The Labute approximate surface area is 85.9 Å². The topological polar surface area (TPSA) is 20.2 Å². The van der Waals surface area contributed by atoms with Gasteiger partial charge in [-0.3, -0.25) is 0 Å². The molecule has 0 aromatic heterocycles. The van der Waals surface area contributed by atoms with Crippen LogP contribution in [0.25, 0.3) is 0 Å². The molecule has 76 valence electrons. The minimum absolute atomic E-state index is 0. The van der Waals surface area contributed by atoms with Gasteiger partial charge in [-0.2, -0.15) is 0 Å². The molecule has 1 fully saturated rings. The van der Waals surface area contributed by atoms with E-state index in [9.17, 15) is 5.11 Å². The zero-order valence-corrected chi connectivity index (χ0v) is 9.29. The van der Waals surface area contributed by atoms with Gasteiger partial charge in [0.1, 0.15) is 0 Å². The van der Waals surface area contributed by atoms with Crippen LogP contribution in [-0.4, -0.2) is 10.7 Å². The number of hydrogen-bond acceptors (Lipinski definition) is 1. The summed E-state index contributed by atoms with van der Waals surface area (Å²) in [4.78, 5) is 0.